The van der Waals surface area contributed by atoms with Gasteiger partial charge in [-0.1, -0.05) is 23.2 Å². The fourth-order valence-electron chi connectivity index (χ4n) is 1.29. The van der Waals surface area contributed by atoms with Gasteiger partial charge in [-0.25, -0.2) is 0 Å². The summed E-state index contributed by atoms with van der Waals surface area (Å²) < 4.78 is 0. The van der Waals surface area contributed by atoms with Gasteiger partial charge in [0.2, 0.25) is 0 Å². The Labute approximate surface area is 103 Å². The van der Waals surface area contributed by atoms with Crippen molar-refractivity contribution in [3.8, 4) is 5.75 Å². The Balaban J connectivity index is 2.23. The van der Waals surface area contributed by atoms with E-state index < -0.39 is 0 Å². The quantitative estimate of drug-likeness (QED) is 0.776. The van der Waals surface area contributed by atoms with Crippen LogP contribution in [0.1, 0.15) is 0 Å². The zero-order valence-electron chi connectivity index (χ0n) is 8.24. The number of hydrogen-bond donors (Lipinski definition) is 2. The van der Waals surface area contributed by atoms with Crippen LogP contribution >= 0.6 is 23.2 Å². The standard InChI is InChI=1S/C12H9Cl2NO/c13-8-1-6-12(11(14)7-8)15-9-2-4-10(16)5-3-9/h1-7,15-16H. The van der Waals surface area contributed by atoms with Crippen molar-refractivity contribution in [3.63, 3.8) is 0 Å². The van der Waals surface area contributed by atoms with Crippen molar-refractivity contribution in [2.45, 2.75) is 0 Å². The van der Waals surface area contributed by atoms with E-state index in [1.54, 1.807) is 42.5 Å². The van der Waals surface area contributed by atoms with Crippen LogP contribution in [-0.2, 0) is 0 Å². The first-order valence-corrected chi connectivity index (χ1v) is 5.42. The van der Waals surface area contributed by atoms with Gasteiger partial charge in [-0.15, -0.1) is 0 Å². The molecule has 0 heterocycles. The molecule has 0 saturated carbocycles. The average Bonchev–Trinajstić information content (AvgIpc) is 2.25. The van der Waals surface area contributed by atoms with Gasteiger partial charge < -0.3 is 10.4 Å². The lowest BCUT2D eigenvalue weighted by atomic mass is 10.2. The van der Waals surface area contributed by atoms with Crippen LogP contribution in [0.5, 0.6) is 5.75 Å². The Morgan fingerprint density at radius 2 is 1.62 bits per heavy atom. The molecule has 0 bridgehead atoms. The van der Waals surface area contributed by atoms with Crippen LogP contribution in [0.25, 0.3) is 0 Å². The SMILES string of the molecule is Oc1ccc(Nc2ccc(Cl)cc2Cl)cc1. The van der Waals surface area contributed by atoms with E-state index in [4.69, 9.17) is 28.3 Å². The summed E-state index contributed by atoms with van der Waals surface area (Å²) in [6, 6.07) is 12.0. The Morgan fingerprint density at radius 1 is 0.938 bits per heavy atom. The molecule has 0 unspecified atom stereocenters. The molecule has 0 aromatic heterocycles. The molecule has 2 aromatic rings. The molecule has 16 heavy (non-hydrogen) atoms. The van der Waals surface area contributed by atoms with E-state index in [0.29, 0.717) is 10.0 Å². The second kappa shape index (κ2) is 4.64. The molecule has 0 atom stereocenters. The van der Waals surface area contributed by atoms with Crippen LogP contribution in [0.15, 0.2) is 42.5 Å². The number of phenolic OH excluding ortho intramolecular Hbond substituents is 1. The lowest BCUT2D eigenvalue weighted by Gasteiger charge is -2.08. The smallest absolute Gasteiger partial charge is 0.115 e. The molecule has 2 rings (SSSR count). The maximum atomic E-state index is 9.14. The number of halogens is 2. The maximum absolute atomic E-state index is 9.14. The second-order valence-electron chi connectivity index (χ2n) is 3.30. The highest BCUT2D eigenvalue weighted by Gasteiger charge is 2.01. The van der Waals surface area contributed by atoms with E-state index in [9.17, 15) is 0 Å². The summed E-state index contributed by atoms with van der Waals surface area (Å²) in [6.45, 7) is 0. The van der Waals surface area contributed by atoms with Crippen LogP contribution in [0.4, 0.5) is 11.4 Å². The Hall–Kier alpha value is -1.38. The summed E-state index contributed by atoms with van der Waals surface area (Å²) in [5, 5.41) is 13.4. The summed E-state index contributed by atoms with van der Waals surface area (Å²) in [4.78, 5) is 0. The van der Waals surface area contributed by atoms with Gasteiger partial charge in [-0.3, -0.25) is 0 Å². The molecule has 0 radical (unpaired) electrons. The molecule has 4 heteroatoms. The minimum atomic E-state index is 0.229. The lowest BCUT2D eigenvalue weighted by Crippen LogP contribution is -1.90. The molecule has 0 fully saturated rings. The molecule has 0 aliphatic carbocycles. The molecule has 2 aromatic carbocycles. The third-order valence-corrected chi connectivity index (χ3v) is 2.63. The molecular weight excluding hydrogens is 245 g/mol. The Morgan fingerprint density at radius 3 is 2.25 bits per heavy atom. The number of anilines is 2. The van der Waals surface area contributed by atoms with E-state index in [1.165, 1.54) is 0 Å². The molecular formula is C12H9Cl2NO. The minimum Gasteiger partial charge on any atom is -0.508 e. The van der Waals surface area contributed by atoms with Gasteiger partial charge in [0.05, 0.1) is 10.7 Å². The monoisotopic (exact) mass is 253 g/mol. The van der Waals surface area contributed by atoms with E-state index in [0.717, 1.165) is 11.4 Å². The zero-order chi connectivity index (χ0) is 11.5. The highest BCUT2D eigenvalue weighted by molar-refractivity contribution is 6.36. The first-order valence-electron chi connectivity index (χ1n) is 4.66. The minimum absolute atomic E-state index is 0.229. The molecule has 0 saturated heterocycles. The van der Waals surface area contributed by atoms with Gasteiger partial charge in [0.15, 0.2) is 0 Å². The highest BCUT2D eigenvalue weighted by atomic mass is 35.5. The van der Waals surface area contributed by atoms with Gasteiger partial charge >= 0.3 is 0 Å². The highest BCUT2D eigenvalue weighted by Crippen LogP contribution is 2.28. The van der Waals surface area contributed by atoms with Crippen molar-refractivity contribution in [1.29, 1.82) is 0 Å². The van der Waals surface area contributed by atoms with Gasteiger partial charge in [0.25, 0.3) is 0 Å². The van der Waals surface area contributed by atoms with Crippen molar-refractivity contribution in [2.75, 3.05) is 5.32 Å². The molecule has 0 aliphatic rings. The predicted molar refractivity (Wildman–Crippen MR) is 67.9 cm³/mol. The van der Waals surface area contributed by atoms with Crippen molar-refractivity contribution in [2.24, 2.45) is 0 Å². The van der Waals surface area contributed by atoms with Crippen molar-refractivity contribution >= 4 is 34.6 Å². The maximum Gasteiger partial charge on any atom is 0.115 e. The van der Waals surface area contributed by atoms with Crippen molar-refractivity contribution < 1.29 is 5.11 Å². The van der Waals surface area contributed by atoms with E-state index in [-0.39, 0.29) is 5.75 Å². The van der Waals surface area contributed by atoms with Gasteiger partial charge in [-0.2, -0.15) is 0 Å². The molecule has 0 amide bonds. The van der Waals surface area contributed by atoms with Crippen LogP contribution in [0.2, 0.25) is 10.0 Å². The van der Waals surface area contributed by atoms with Gasteiger partial charge in [0.1, 0.15) is 5.75 Å². The number of aromatic hydroxyl groups is 1. The topological polar surface area (TPSA) is 32.3 Å². The number of phenols is 1. The summed E-state index contributed by atoms with van der Waals surface area (Å²) >= 11 is 11.8. The van der Waals surface area contributed by atoms with E-state index in [1.807, 2.05) is 0 Å². The van der Waals surface area contributed by atoms with Gasteiger partial charge in [-0.05, 0) is 42.5 Å². The van der Waals surface area contributed by atoms with Crippen molar-refractivity contribution in [3.05, 3.63) is 52.5 Å². The molecule has 82 valence electrons. The Bertz CT molecular complexity index is 497. The van der Waals surface area contributed by atoms with E-state index >= 15 is 0 Å². The first kappa shape index (κ1) is 11.1. The second-order valence-corrected chi connectivity index (χ2v) is 4.14. The number of benzene rings is 2. The number of rotatable bonds is 2. The molecule has 0 spiro atoms. The largest absolute Gasteiger partial charge is 0.508 e. The van der Waals surface area contributed by atoms with Crippen LogP contribution in [0.3, 0.4) is 0 Å². The first-order chi connectivity index (χ1) is 7.65. The van der Waals surface area contributed by atoms with Crippen LogP contribution in [-0.4, -0.2) is 5.11 Å². The Kier molecular flexibility index (Phi) is 3.22. The molecule has 2 N–H and O–H groups in total. The van der Waals surface area contributed by atoms with Gasteiger partial charge in [0, 0.05) is 10.7 Å². The molecule has 0 aliphatic heterocycles. The number of nitrogens with one attached hydrogen (secondary N) is 1. The predicted octanol–water partition coefficient (Wildman–Crippen LogP) is 4.44. The van der Waals surface area contributed by atoms with Crippen LogP contribution in [0, 0.1) is 0 Å². The summed E-state index contributed by atoms with van der Waals surface area (Å²) in [6.07, 6.45) is 0. The zero-order valence-corrected chi connectivity index (χ0v) is 9.76. The summed E-state index contributed by atoms with van der Waals surface area (Å²) in [5.41, 5.74) is 1.62. The lowest BCUT2D eigenvalue weighted by molar-refractivity contribution is 0.475. The third-order valence-electron chi connectivity index (χ3n) is 2.08. The number of hydrogen-bond acceptors (Lipinski definition) is 2. The average molecular weight is 254 g/mol. The van der Waals surface area contributed by atoms with Crippen molar-refractivity contribution in [1.82, 2.24) is 0 Å². The van der Waals surface area contributed by atoms with E-state index in [2.05, 4.69) is 5.32 Å². The fourth-order valence-corrected chi connectivity index (χ4v) is 1.75. The van der Waals surface area contributed by atoms with Crippen LogP contribution < -0.4 is 5.32 Å². The molecule has 2 nitrogen and oxygen atoms in total. The summed E-state index contributed by atoms with van der Waals surface area (Å²) in [5.74, 6) is 0.229. The summed E-state index contributed by atoms with van der Waals surface area (Å²) in [7, 11) is 0. The fraction of sp³-hybridized carbons (Fsp3) is 0. The normalized spacial score (nSPS) is 10.1. The third kappa shape index (κ3) is 2.60.